The smallest absolute Gasteiger partial charge is 0.323 e. The van der Waals surface area contributed by atoms with E-state index in [1.54, 1.807) is 0 Å². The molecule has 0 bridgehead atoms. The zero-order valence-electron chi connectivity index (χ0n) is 10.7. The normalized spacial score (nSPS) is 30.9. The fourth-order valence-electron chi connectivity index (χ4n) is 2.29. The summed E-state index contributed by atoms with van der Waals surface area (Å²) in [5.41, 5.74) is -1.05. The molecule has 18 heavy (non-hydrogen) atoms. The van der Waals surface area contributed by atoms with Crippen molar-refractivity contribution in [3.05, 3.63) is 0 Å². The molecule has 1 aliphatic carbocycles. The van der Waals surface area contributed by atoms with Crippen LogP contribution in [0.25, 0.3) is 0 Å². The number of rotatable bonds is 5. The van der Waals surface area contributed by atoms with Gasteiger partial charge in [0.25, 0.3) is 0 Å². The van der Waals surface area contributed by atoms with Gasteiger partial charge in [-0.15, -0.1) is 0 Å². The molecule has 1 aliphatic rings. The first-order valence-corrected chi connectivity index (χ1v) is 7.64. The van der Waals surface area contributed by atoms with Crippen molar-refractivity contribution in [2.45, 2.75) is 50.4 Å². The third-order valence-electron chi connectivity index (χ3n) is 3.48. The van der Waals surface area contributed by atoms with Gasteiger partial charge >= 0.3 is 5.97 Å². The van der Waals surface area contributed by atoms with E-state index in [2.05, 4.69) is 4.72 Å². The molecule has 1 rings (SSSR count). The number of carboxylic acids is 1. The molecule has 0 aromatic rings. The molecule has 0 aromatic carbocycles. The molecule has 0 amide bonds. The number of hydrogen-bond donors (Lipinski definition) is 3. The molecule has 3 N–H and O–H groups in total. The molecular weight excluding hydrogens is 258 g/mol. The predicted molar refractivity (Wildman–Crippen MR) is 66.6 cm³/mol. The van der Waals surface area contributed by atoms with E-state index in [1.807, 2.05) is 6.92 Å². The summed E-state index contributed by atoms with van der Waals surface area (Å²) in [6, 6.07) is 0. The van der Waals surface area contributed by atoms with Crippen LogP contribution in [0, 0.1) is 5.92 Å². The monoisotopic (exact) mass is 279 g/mol. The first-order valence-electron chi connectivity index (χ1n) is 6.10. The minimum atomic E-state index is -3.92. The van der Waals surface area contributed by atoms with Gasteiger partial charge in [-0.2, -0.15) is 0 Å². The Morgan fingerprint density at radius 3 is 2.67 bits per heavy atom. The Morgan fingerprint density at radius 1 is 1.56 bits per heavy atom. The minimum Gasteiger partial charge on any atom is -0.480 e. The minimum absolute atomic E-state index is 0.114. The Kier molecular flexibility index (Phi) is 4.74. The van der Waals surface area contributed by atoms with Crippen LogP contribution >= 0.6 is 0 Å². The molecule has 0 saturated heterocycles. The molecular formula is C11H21NO5S. The Morgan fingerprint density at radius 2 is 2.17 bits per heavy atom. The van der Waals surface area contributed by atoms with Gasteiger partial charge in [0.1, 0.15) is 0 Å². The van der Waals surface area contributed by atoms with Gasteiger partial charge in [-0.3, -0.25) is 4.79 Å². The van der Waals surface area contributed by atoms with E-state index in [0.717, 1.165) is 19.8 Å². The average molecular weight is 279 g/mol. The van der Waals surface area contributed by atoms with E-state index >= 15 is 0 Å². The Balaban J connectivity index is 2.61. The Bertz CT molecular complexity index is 408. The van der Waals surface area contributed by atoms with Crippen molar-refractivity contribution >= 4 is 16.0 Å². The molecule has 106 valence electrons. The van der Waals surface area contributed by atoms with Crippen LogP contribution in [0.4, 0.5) is 0 Å². The van der Waals surface area contributed by atoms with Crippen LogP contribution in [-0.4, -0.2) is 42.0 Å². The van der Waals surface area contributed by atoms with Gasteiger partial charge in [-0.05, 0) is 25.7 Å². The molecule has 0 spiro atoms. The van der Waals surface area contributed by atoms with Crippen molar-refractivity contribution in [2.24, 2.45) is 5.92 Å². The third-order valence-corrected chi connectivity index (χ3v) is 5.16. The fourth-order valence-corrected chi connectivity index (χ4v) is 3.27. The van der Waals surface area contributed by atoms with E-state index in [4.69, 9.17) is 5.11 Å². The van der Waals surface area contributed by atoms with Crippen LogP contribution in [0.1, 0.15) is 39.5 Å². The summed E-state index contributed by atoms with van der Waals surface area (Å²) in [5, 5.41) is 17.4. The number of sulfonamides is 1. The number of carboxylic acid groups (broad SMARTS) is 1. The Hall–Kier alpha value is -0.660. The quantitative estimate of drug-likeness (QED) is 0.672. The van der Waals surface area contributed by atoms with Crippen LogP contribution in [0.15, 0.2) is 0 Å². The second-order valence-corrected chi connectivity index (χ2v) is 7.36. The summed E-state index contributed by atoms with van der Waals surface area (Å²) in [6.07, 6.45) is 2.97. The number of aliphatic carboxylic acids is 1. The molecule has 0 radical (unpaired) electrons. The lowest BCUT2D eigenvalue weighted by Gasteiger charge is -2.35. The van der Waals surface area contributed by atoms with Crippen molar-refractivity contribution in [2.75, 3.05) is 6.54 Å². The molecule has 0 aromatic heterocycles. The number of carbonyl (C=O) groups is 1. The summed E-state index contributed by atoms with van der Waals surface area (Å²) < 4.78 is 25.5. The lowest BCUT2D eigenvalue weighted by atomic mass is 9.79. The molecule has 0 heterocycles. The van der Waals surface area contributed by atoms with Crippen molar-refractivity contribution < 1.29 is 23.4 Å². The molecule has 1 fully saturated rings. The van der Waals surface area contributed by atoms with Crippen LogP contribution in [0.2, 0.25) is 0 Å². The summed E-state index contributed by atoms with van der Waals surface area (Å²) in [6.45, 7) is 3.01. The maximum absolute atomic E-state index is 11.6. The van der Waals surface area contributed by atoms with Gasteiger partial charge in [0.05, 0.1) is 5.60 Å². The molecule has 1 saturated carbocycles. The zero-order chi connectivity index (χ0) is 14.0. The molecule has 6 nitrogen and oxygen atoms in total. The van der Waals surface area contributed by atoms with E-state index < -0.39 is 26.8 Å². The van der Waals surface area contributed by atoms with Crippen LogP contribution in [-0.2, 0) is 14.8 Å². The lowest BCUT2D eigenvalue weighted by molar-refractivity contribution is -0.136. The van der Waals surface area contributed by atoms with E-state index in [9.17, 15) is 18.3 Å². The SMILES string of the molecule is CC1CCCC(O)(CNS(=O)(=O)C(C)C(=O)O)C1. The highest BCUT2D eigenvalue weighted by molar-refractivity contribution is 7.90. The second kappa shape index (κ2) is 5.54. The molecule has 7 heteroatoms. The predicted octanol–water partition coefficient (Wildman–Crippen LogP) is 0.320. The summed E-state index contributed by atoms with van der Waals surface area (Å²) >= 11 is 0. The Labute approximate surface area is 107 Å². The largest absolute Gasteiger partial charge is 0.480 e. The molecule has 3 unspecified atom stereocenters. The fraction of sp³-hybridized carbons (Fsp3) is 0.909. The number of aliphatic hydroxyl groups is 1. The van der Waals surface area contributed by atoms with Crippen molar-refractivity contribution in [3.8, 4) is 0 Å². The van der Waals surface area contributed by atoms with E-state index in [-0.39, 0.29) is 6.54 Å². The van der Waals surface area contributed by atoms with Crippen LogP contribution in [0.3, 0.4) is 0 Å². The summed E-state index contributed by atoms with van der Waals surface area (Å²) in [4.78, 5) is 10.6. The highest BCUT2D eigenvalue weighted by Crippen LogP contribution is 2.31. The topological polar surface area (TPSA) is 104 Å². The van der Waals surface area contributed by atoms with E-state index in [0.29, 0.717) is 18.8 Å². The number of hydrogen-bond acceptors (Lipinski definition) is 4. The highest BCUT2D eigenvalue weighted by atomic mass is 32.2. The standard InChI is InChI=1S/C11H21NO5S/c1-8-4-3-5-11(15,6-8)7-12-18(16,17)9(2)10(13)14/h8-9,12,15H,3-7H2,1-2H3,(H,13,14). The van der Waals surface area contributed by atoms with Gasteiger partial charge in [-0.25, -0.2) is 13.1 Å². The lowest BCUT2D eigenvalue weighted by Crippen LogP contribution is -2.48. The van der Waals surface area contributed by atoms with Gasteiger partial charge in [-0.1, -0.05) is 19.8 Å². The van der Waals surface area contributed by atoms with Gasteiger partial charge in [0.15, 0.2) is 5.25 Å². The van der Waals surface area contributed by atoms with Crippen molar-refractivity contribution in [1.82, 2.24) is 4.72 Å². The summed E-state index contributed by atoms with van der Waals surface area (Å²) in [5.74, 6) is -1.04. The van der Waals surface area contributed by atoms with Crippen LogP contribution in [0.5, 0.6) is 0 Å². The third kappa shape index (κ3) is 3.93. The average Bonchev–Trinajstić information content (AvgIpc) is 2.25. The molecule has 3 atom stereocenters. The van der Waals surface area contributed by atoms with Crippen molar-refractivity contribution in [1.29, 1.82) is 0 Å². The first-order chi connectivity index (χ1) is 8.16. The zero-order valence-corrected chi connectivity index (χ0v) is 11.5. The maximum Gasteiger partial charge on any atom is 0.323 e. The van der Waals surface area contributed by atoms with E-state index in [1.165, 1.54) is 0 Å². The highest BCUT2D eigenvalue weighted by Gasteiger charge is 2.35. The number of nitrogens with one attached hydrogen (secondary N) is 1. The molecule has 0 aliphatic heterocycles. The van der Waals surface area contributed by atoms with Gasteiger partial charge in [0.2, 0.25) is 10.0 Å². The van der Waals surface area contributed by atoms with Gasteiger partial charge < -0.3 is 10.2 Å². The summed E-state index contributed by atoms with van der Waals surface area (Å²) in [7, 11) is -3.92. The van der Waals surface area contributed by atoms with Crippen molar-refractivity contribution in [3.63, 3.8) is 0 Å². The van der Waals surface area contributed by atoms with Crippen LogP contribution < -0.4 is 4.72 Å². The second-order valence-electron chi connectivity index (χ2n) is 5.27. The van der Waals surface area contributed by atoms with Gasteiger partial charge in [0, 0.05) is 6.54 Å². The first kappa shape index (κ1) is 15.4. The maximum atomic E-state index is 11.6.